The molecule has 0 aliphatic rings. The molecule has 2 rings (SSSR count). The molecule has 5 heteroatoms. The average molecular weight is 321 g/mol. The van der Waals surface area contributed by atoms with Crippen molar-refractivity contribution >= 4 is 29.3 Å². The Morgan fingerprint density at radius 2 is 1.83 bits per heavy atom. The van der Waals surface area contributed by atoms with Crippen LogP contribution in [0.15, 0.2) is 55.4 Å². The van der Waals surface area contributed by atoms with Crippen LogP contribution >= 0.6 is 0 Å². The maximum absolute atomic E-state index is 12.0. The molecule has 1 aromatic heterocycles. The summed E-state index contributed by atoms with van der Waals surface area (Å²) in [6.45, 7) is 7.21. The molecule has 1 heterocycles. The molecule has 0 bridgehead atoms. The van der Waals surface area contributed by atoms with Crippen LogP contribution in [0.5, 0.6) is 0 Å². The van der Waals surface area contributed by atoms with E-state index in [1.165, 1.54) is 12.2 Å². The van der Waals surface area contributed by atoms with Gasteiger partial charge in [-0.3, -0.25) is 14.6 Å². The molecule has 5 nitrogen and oxygen atoms in total. The van der Waals surface area contributed by atoms with Crippen LogP contribution in [0, 0.1) is 13.8 Å². The molecule has 0 saturated carbocycles. The van der Waals surface area contributed by atoms with Gasteiger partial charge in [0.1, 0.15) is 0 Å². The number of aromatic nitrogens is 1. The third kappa shape index (κ3) is 4.39. The fourth-order valence-corrected chi connectivity index (χ4v) is 2.09. The van der Waals surface area contributed by atoms with E-state index >= 15 is 0 Å². The average Bonchev–Trinajstić information content (AvgIpc) is 2.57. The minimum atomic E-state index is -0.274. The monoisotopic (exact) mass is 321 g/mol. The molecular weight excluding hydrogens is 302 g/mol. The number of nitrogens with zero attached hydrogens (tertiary/aromatic N) is 1. The minimum Gasteiger partial charge on any atom is -0.322 e. The molecule has 0 radical (unpaired) electrons. The second kappa shape index (κ2) is 7.87. The van der Waals surface area contributed by atoms with Gasteiger partial charge in [0.05, 0.1) is 11.9 Å². The Morgan fingerprint density at radius 3 is 2.54 bits per heavy atom. The van der Waals surface area contributed by atoms with Gasteiger partial charge in [0.2, 0.25) is 11.8 Å². The molecule has 2 amide bonds. The van der Waals surface area contributed by atoms with Crippen LogP contribution < -0.4 is 10.6 Å². The summed E-state index contributed by atoms with van der Waals surface area (Å²) >= 11 is 0. The highest BCUT2D eigenvalue weighted by Gasteiger charge is 2.05. The Kier molecular flexibility index (Phi) is 5.63. The van der Waals surface area contributed by atoms with Gasteiger partial charge in [0, 0.05) is 18.0 Å². The number of hydrogen-bond donors (Lipinski definition) is 2. The van der Waals surface area contributed by atoms with Crippen LogP contribution in [0.3, 0.4) is 0 Å². The normalized spacial score (nSPS) is 10.4. The molecule has 0 aliphatic carbocycles. The quantitative estimate of drug-likeness (QED) is 0.828. The predicted octanol–water partition coefficient (Wildman–Crippen LogP) is 3.47. The van der Waals surface area contributed by atoms with E-state index in [1.807, 2.05) is 32.0 Å². The van der Waals surface area contributed by atoms with E-state index in [1.54, 1.807) is 24.5 Å². The summed E-state index contributed by atoms with van der Waals surface area (Å²) in [4.78, 5) is 27.5. The summed E-state index contributed by atoms with van der Waals surface area (Å²) in [7, 11) is 0. The number of aryl methyl sites for hydroxylation is 1. The van der Waals surface area contributed by atoms with Crippen molar-refractivity contribution in [3.05, 3.63) is 72.1 Å². The Bertz CT molecular complexity index is 810. The molecule has 24 heavy (non-hydrogen) atoms. The molecule has 2 aromatic rings. The van der Waals surface area contributed by atoms with E-state index in [-0.39, 0.29) is 11.8 Å². The van der Waals surface area contributed by atoms with Gasteiger partial charge in [-0.15, -0.1) is 0 Å². The first-order chi connectivity index (χ1) is 11.5. The summed E-state index contributed by atoms with van der Waals surface area (Å²) in [5.74, 6) is -0.518. The number of anilines is 2. The van der Waals surface area contributed by atoms with Gasteiger partial charge in [-0.1, -0.05) is 18.7 Å². The summed E-state index contributed by atoms with van der Waals surface area (Å²) in [6, 6.07) is 7.31. The largest absolute Gasteiger partial charge is 0.322 e. The molecule has 2 N–H and O–H groups in total. The first kappa shape index (κ1) is 17.1. The second-order valence-corrected chi connectivity index (χ2v) is 5.23. The van der Waals surface area contributed by atoms with Crippen molar-refractivity contribution < 1.29 is 9.59 Å². The molecule has 0 spiro atoms. The maximum Gasteiger partial charge on any atom is 0.248 e. The summed E-state index contributed by atoms with van der Waals surface area (Å²) < 4.78 is 0. The number of amides is 2. The van der Waals surface area contributed by atoms with Crippen molar-refractivity contribution in [2.45, 2.75) is 13.8 Å². The molecule has 0 atom stereocenters. The standard InChI is InChI=1S/C19H19N3O2/c1-4-18(23)21-16-7-5-6-15(14(16)3)8-9-19(24)22-17-12-20-11-10-13(17)2/h4-12H,1H2,2-3H3,(H,21,23)(H,22,24)/b9-8+. The lowest BCUT2D eigenvalue weighted by atomic mass is 10.1. The van der Waals surface area contributed by atoms with Gasteiger partial charge >= 0.3 is 0 Å². The number of carbonyl (C=O) groups is 2. The number of nitrogens with one attached hydrogen (secondary N) is 2. The zero-order valence-electron chi connectivity index (χ0n) is 13.7. The van der Waals surface area contributed by atoms with Gasteiger partial charge < -0.3 is 10.6 Å². The van der Waals surface area contributed by atoms with Crippen LogP contribution in [0.25, 0.3) is 6.08 Å². The SMILES string of the molecule is C=CC(=O)Nc1cccc(/C=C/C(=O)Nc2cnccc2C)c1C. The smallest absolute Gasteiger partial charge is 0.248 e. The first-order valence-electron chi connectivity index (χ1n) is 7.44. The van der Waals surface area contributed by atoms with Crippen molar-refractivity contribution in [2.75, 3.05) is 10.6 Å². The van der Waals surface area contributed by atoms with Crippen LogP contribution in [-0.4, -0.2) is 16.8 Å². The van der Waals surface area contributed by atoms with E-state index in [9.17, 15) is 9.59 Å². The predicted molar refractivity (Wildman–Crippen MR) is 96.6 cm³/mol. The van der Waals surface area contributed by atoms with Crippen molar-refractivity contribution in [1.82, 2.24) is 4.98 Å². The Morgan fingerprint density at radius 1 is 1.08 bits per heavy atom. The number of rotatable bonds is 5. The molecule has 0 saturated heterocycles. The summed E-state index contributed by atoms with van der Waals surface area (Å²) in [5.41, 5.74) is 4.02. The zero-order chi connectivity index (χ0) is 17.5. The Labute approximate surface area is 141 Å². The zero-order valence-corrected chi connectivity index (χ0v) is 13.7. The molecule has 0 fully saturated rings. The van der Waals surface area contributed by atoms with Crippen LogP contribution in [-0.2, 0) is 9.59 Å². The Balaban J connectivity index is 2.12. The highest BCUT2D eigenvalue weighted by atomic mass is 16.2. The fourth-order valence-electron chi connectivity index (χ4n) is 2.09. The van der Waals surface area contributed by atoms with E-state index in [2.05, 4.69) is 22.2 Å². The minimum absolute atomic E-state index is 0.244. The highest BCUT2D eigenvalue weighted by molar-refractivity contribution is 6.03. The lowest BCUT2D eigenvalue weighted by molar-refractivity contribution is -0.112. The Hall–Kier alpha value is -3.21. The number of pyridine rings is 1. The molecule has 0 aliphatic heterocycles. The van der Waals surface area contributed by atoms with E-state index in [0.29, 0.717) is 11.4 Å². The number of benzene rings is 1. The van der Waals surface area contributed by atoms with E-state index in [4.69, 9.17) is 0 Å². The maximum atomic E-state index is 12.0. The molecular formula is C19H19N3O2. The van der Waals surface area contributed by atoms with E-state index in [0.717, 1.165) is 16.7 Å². The molecule has 122 valence electrons. The van der Waals surface area contributed by atoms with Crippen molar-refractivity contribution in [1.29, 1.82) is 0 Å². The lowest BCUT2D eigenvalue weighted by Gasteiger charge is -2.09. The number of hydrogen-bond acceptors (Lipinski definition) is 3. The lowest BCUT2D eigenvalue weighted by Crippen LogP contribution is -2.10. The van der Waals surface area contributed by atoms with Gasteiger partial charge in [-0.05, 0) is 54.8 Å². The van der Waals surface area contributed by atoms with Gasteiger partial charge in [-0.25, -0.2) is 0 Å². The fraction of sp³-hybridized carbons (Fsp3) is 0.105. The van der Waals surface area contributed by atoms with E-state index < -0.39 is 0 Å². The summed E-state index contributed by atoms with van der Waals surface area (Å²) in [5, 5.41) is 5.52. The van der Waals surface area contributed by atoms with Gasteiger partial charge in [0.15, 0.2) is 0 Å². The van der Waals surface area contributed by atoms with Crippen molar-refractivity contribution in [3.63, 3.8) is 0 Å². The summed E-state index contributed by atoms with van der Waals surface area (Å²) in [6.07, 6.45) is 7.66. The van der Waals surface area contributed by atoms with Gasteiger partial charge in [0.25, 0.3) is 0 Å². The van der Waals surface area contributed by atoms with Crippen LogP contribution in [0.4, 0.5) is 11.4 Å². The van der Waals surface area contributed by atoms with Gasteiger partial charge in [-0.2, -0.15) is 0 Å². The van der Waals surface area contributed by atoms with Crippen LogP contribution in [0.1, 0.15) is 16.7 Å². The van der Waals surface area contributed by atoms with Crippen molar-refractivity contribution in [3.8, 4) is 0 Å². The third-order valence-electron chi connectivity index (χ3n) is 3.53. The second-order valence-electron chi connectivity index (χ2n) is 5.23. The topological polar surface area (TPSA) is 71.1 Å². The third-order valence-corrected chi connectivity index (χ3v) is 3.53. The van der Waals surface area contributed by atoms with Crippen molar-refractivity contribution in [2.24, 2.45) is 0 Å². The highest BCUT2D eigenvalue weighted by Crippen LogP contribution is 2.20. The van der Waals surface area contributed by atoms with Crippen LogP contribution in [0.2, 0.25) is 0 Å². The number of carbonyl (C=O) groups excluding carboxylic acids is 2. The molecule has 1 aromatic carbocycles. The molecule has 0 unspecified atom stereocenters. The first-order valence-corrected chi connectivity index (χ1v) is 7.44.